The Labute approximate surface area is 154 Å². The van der Waals surface area contributed by atoms with E-state index in [4.69, 9.17) is 4.74 Å². The van der Waals surface area contributed by atoms with Gasteiger partial charge in [-0.15, -0.1) is 0 Å². The molecule has 0 spiro atoms. The Morgan fingerprint density at radius 2 is 1.85 bits per heavy atom. The molecular weight excluding hydrogens is 358 g/mol. The van der Waals surface area contributed by atoms with Gasteiger partial charge >= 0.3 is 6.61 Å². The van der Waals surface area contributed by atoms with Gasteiger partial charge in [-0.2, -0.15) is 8.78 Å². The molecule has 0 aliphatic rings. The number of carbonyl (C=O) groups is 2. The van der Waals surface area contributed by atoms with Gasteiger partial charge in [0.15, 0.2) is 11.5 Å². The molecule has 2 rings (SSSR count). The van der Waals surface area contributed by atoms with Crippen LogP contribution < -0.4 is 20.1 Å². The van der Waals surface area contributed by atoms with Crippen LogP contribution in [0.4, 0.5) is 14.5 Å². The first kappa shape index (κ1) is 19.9. The van der Waals surface area contributed by atoms with E-state index in [2.05, 4.69) is 15.4 Å². The lowest BCUT2D eigenvalue weighted by atomic mass is 10.1. The standard InChI is InChI=1S/C19H18F2N2O4/c1-22-18(25)13-7-3-4-8-14(13)23-16(24)11-10-12-6-5-9-15(26-2)17(12)27-19(20)21/h3-11,19H,1-2H3,(H,22,25)(H,23,24)/b11-10+. The van der Waals surface area contributed by atoms with Crippen LogP contribution in [0.3, 0.4) is 0 Å². The summed E-state index contributed by atoms with van der Waals surface area (Å²) < 4.78 is 34.8. The Hall–Kier alpha value is -3.42. The van der Waals surface area contributed by atoms with Crippen molar-refractivity contribution in [2.24, 2.45) is 0 Å². The van der Waals surface area contributed by atoms with Crippen LogP contribution in [0.15, 0.2) is 48.5 Å². The van der Waals surface area contributed by atoms with Crippen LogP contribution in [0, 0.1) is 0 Å². The Balaban J connectivity index is 2.22. The van der Waals surface area contributed by atoms with Crippen molar-refractivity contribution in [3.63, 3.8) is 0 Å². The molecule has 0 aliphatic carbocycles. The van der Waals surface area contributed by atoms with E-state index >= 15 is 0 Å². The largest absolute Gasteiger partial charge is 0.493 e. The third-order valence-electron chi connectivity index (χ3n) is 3.51. The maximum atomic E-state index is 12.6. The van der Waals surface area contributed by atoms with Gasteiger partial charge in [-0.1, -0.05) is 24.3 Å². The zero-order valence-corrected chi connectivity index (χ0v) is 14.7. The number of rotatable bonds is 7. The molecule has 2 amide bonds. The van der Waals surface area contributed by atoms with Gasteiger partial charge in [-0.25, -0.2) is 0 Å². The van der Waals surface area contributed by atoms with Crippen LogP contribution in [0.5, 0.6) is 11.5 Å². The fourth-order valence-corrected chi connectivity index (χ4v) is 2.30. The van der Waals surface area contributed by atoms with Gasteiger partial charge in [0.05, 0.1) is 18.4 Å². The first-order chi connectivity index (χ1) is 13.0. The average molecular weight is 376 g/mol. The van der Waals surface area contributed by atoms with Gasteiger partial charge in [-0.3, -0.25) is 9.59 Å². The number of methoxy groups -OCH3 is 1. The summed E-state index contributed by atoms with van der Waals surface area (Å²) in [5.74, 6) is -0.958. The van der Waals surface area contributed by atoms with Crippen LogP contribution >= 0.6 is 0 Å². The van der Waals surface area contributed by atoms with E-state index in [-0.39, 0.29) is 23.0 Å². The summed E-state index contributed by atoms with van der Waals surface area (Å²) >= 11 is 0. The maximum Gasteiger partial charge on any atom is 0.387 e. The lowest BCUT2D eigenvalue weighted by molar-refractivity contribution is -0.111. The minimum Gasteiger partial charge on any atom is -0.493 e. The summed E-state index contributed by atoms with van der Waals surface area (Å²) in [5, 5.41) is 5.06. The smallest absolute Gasteiger partial charge is 0.387 e. The molecule has 2 aromatic carbocycles. The molecule has 0 bridgehead atoms. The van der Waals surface area contributed by atoms with Crippen LogP contribution in [0.2, 0.25) is 0 Å². The van der Waals surface area contributed by atoms with Crippen LogP contribution in [-0.2, 0) is 4.79 Å². The Morgan fingerprint density at radius 1 is 1.11 bits per heavy atom. The van der Waals surface area contributed by atoms with Gasteiger partial charge in [0, 0.05) is 18.7 Å². The number of benzene rings is 2. The molecule has 0 radical (unpaired) electrons. The second-order valence-electron chi connectivity index (χ2n) is 5.20. The molecule has 2 N–H and O–H groups in total. The van der Waals surface area contributed by atoms with Crippen molar-refractivity contribution in [1.29, 1.82) is 0 Å². The zero-order valence-electron chi connectivity index (χ0n) is 14.7. The molecule has 0 atom stereocenters. The lowest BCUT2D eigenvalue weighted by Crippen LogP contribution is -2.20. The van der Waals surface area contributed by atoms with Crippen molar-refractivity contribution in [1.82, 2.24) is 5.32 Å². The number of anilines is 1. The highest BCUT2D eigenvalue weighted by Crippen LogP contribution is 2.33. The number of carbonyl (C=O) groups excluding carboxylic acids is 2. The molecule has 0 saturated carbocycles. The second-order valence-corrected chi connectivity index (χ2v) is 5.20. The van der Waals surface area contributed by atoms with Crippen molar-refractivity contribution >= 4 is 23.6 Å². The van der Waals surface area contributed by atoms with E-state index in [9.17, 15) is 18.4 Å². The Kier molecular flexibility index (Phi) is 6.87. The monoisotopic (exact) mass is 376 g/mol. The lowest BCUT2D eigenvalue weighted by Gasteiger charge is -2.12. The number of hydrogen-bond acceptors (Lipinski definition) is 4. The van der Waals surface area contributed by atoms with Crippen LogP contribution in [-0.4, -0.2) is 32.6 Å². The zero-order chi connectivity index (χ0) is 19.8. The number of ether oxygens (including phenoxy) is 2. The van der Waals surface area contributed by atoms with Crippen LogP contribution in [0.25, 0.3) is 6.08 Å². The SMILES string of the molecule is CNC(=O)c1ccccc1NC(=O)/C=C/c1cccc(OC)c1OC(F)F. The fraction of sp³-hybridized carbons (Fsp3) is 0.158. The molecule has 2 aromatic rings. The predicted octanol–water partition coefficient (Wildman–Crippen LogP) is 3.31. The van der Waals surface area contributed by atoms with Crippen molar-refractivity contribution in [2.75, 3.05) is 19.5 Å². The normalized spacial score (nSPS) is 10.7. The molecule has 142 valence electrons. The summed E-state index contributed by atoms with van der Waals surface area (Å²) in [7, 11) is 2.80. The number of hydrogen-bond donors (Lipinski definition) is 2. The fourth-order valence-electron chi connectivity index (χ4n) is 2.30. The predicted molar refractivity (Wildman–Crippen MR) is 97.1 cm³/mol. The molecular formula is C19H18F2N2O4. The molecule has 27 heavy (non-hydrogen) atoms. The third-order valence-corrected chi connectivity index (χ3v) is 3.51. The number of alkyl halides is 2. The van der Waals surface area contributed by atoms with Gasteiger partial charge in [0.1, 0.15) is 0 Å². The molecule has 0 saturated heterocycles. The van der Waals surface area contributed by atoms with E-state index < -0.39 is 12.5 Å². The van der Waals surface area contributed by atoms with Crippen molar-refractivity contribution in [2.45, 2.75) is 6.61 Å². The molecule has 0 unspecified atom stereocenters. The summed E-state index contributed by atoms with van der Waals surface area (Å²) in [4.78, 5) is 24.0. The van der Waals surface area contributed by atoms with Crippen molar-refractivity contribution in [3.05, 3.63) is 59.7 Å². The van der Waals surface area contributed by atoms with Gasteiger partial charge < -0.3 is 20.1 Å². The van der Waals surface area contributed by atoms with Gasteiger partial charge in [-0.05, 0) is 24.3 Å². The van der Waals surface area contributed by atoms with E-state index in [1.807, 2.05) is 0 Å². The average Bonchev–Trinajstić information content (AvgIpc) is 2.66. The van der Waals surface area contributed by atoms with E-state index in [0.29, 0.717) is 11.3 Å². The molecule has 0 aromatic heterocycles. The third kappa shape index (κ3) is 5.27. The summed E-state index contributed by atoms with van der Waals surface area (Å²) in [6.07, 6.45) is 2.46. The molecule has 0 aliphatic heterocycles. The van der Waals surface area contributed by atoms with E-state index in [0.717, 1.165) is 6.08 Å². The Bertz CT molecular complexity index is 853. The highest BCUT2D eigenvalue weighted by atomic mass is 19.3. The maximum absolute atomic E-state index is 12.6. The topological polar surface area (TPSA) is 76.7 Å². The highest BCUT2D eigenvalue weighted by molar-refractivity contribution is 6.07. The van der Waals surface area contributed by atoms with Gasteiger partial charge in [0.2, 0.25) is 5.91 Å². The highest BCUT2D eigenvalue weighted by Gasteiger charge is 2.14. The number of halogens is 2. The molecule has 8 heteroatoms. The van der Waals surface area contributed by atoms with E-state index in [1.54, 1.807) is 30.3 Å². The van der Waals surface area contributed by atoms with E-state index in [1.165, 1.54) is 32.4 Å². The molecule has 6 nitrogen and oxygen atoms in total. The minimum atomic E-state index is -3.04. The molecule has 0 heterocycles. The molecule has 0 fully saturated rings. The number of nitrogens with one attached hydrogen (secondary N) is 2. The summed E-state index contributed by atoms with van der Waals surface area (Å²) in [5.41, 5.74) is 0.857. The van der Waals surface area contributed by atoms with Crippen molar-refractivity contribution < 1.29 is 27.8 Å². The first-order valence-corrected chi connectivity index (χ1v) is 7.88. The summed E-state index contributed by atoms with van der Waals surface area (Å²) in [6, 6.07) is 11.0. The Morgan fingerprint density at radius 3 is 2.52 bits per heavy atom. The van der Waals surface area contributed by atoms with Crippen molar-refractivity contribution in [3.8, 4) is 11.5 Å². The first-order valence-electron chi connectivity index (χ1n) is 7.88. The van der Waals surface area contributed by atoms with Crippen LogP contribution in [0.1, 0.15) is 15.9 Å². The van der Waals surface area contributed by atoms with Gasteiger partial charge in [0.25, 0.3) is 5.91 Å². The number of amides is 2. The quantitative estimate of drug-likeness (QED) is 0.727. The summed E-state index contributed by atoms with van der Waals surface area (Å²) in [6.45, 7) is -3.04. The minimum absolute atomic E-state index is 0.114. The second kappa shape index (κ2) is 9.33. The number of para-hydroxylation sites is 2.